The van der Waals surface area contributed by atoms with E-state index >= 15 is 0 Å². The van der Waals surface area contributed by atoms with Gasteiger partial charge < -0.3 is 19.9 Å². The van der Waals surface area contributed by atoms with E-state index in [1.165, 1.54) is 6.07 Å². The number of phenols is 1. The minimum atomic E-state index is -0.106. The summed E-state index contributed by atoms with van der Waals surface area (Å²) in [6, 6.07) is 8.39. The summed E-state index contributed by atoms with van der Waals surface area (Å²) >= 11 is 5.78. The number of hydrogen-bond acceptors (Lipinski definition) is 4. The summed E-state index contributed by atoms with van der Waals surface area (Å²) in [6.45, 7) is 0.381. The second-order valence-electron chi connectivity index (χ2n) is 3.55. The van der Waals surface area contributed by atoms with Crippen LogP contribution in [-0.2, 0) is 13.2 Å². The molecule has 1 aromatic heterocycles. The molecule has 3 N–H and O–H groups in total. The number of anilines is 1. The summed E-state index contributed by atoms with van der Waals surface area (Å²) < 4.78 is 5.31. The molecule has 0 unspecified atom stereocenters. The number of benzene rings is 1. The second-order valence-corrected chi connectivity index (χ2v) is 3.95. The molecule has 17 heavy (non-hydrogen) atoms. The number of aliphatic hydroxyl groups excluding tert-OH is 1. The molecule has 90 valence electrons. The smallest absolute Gasteiger partial charge is 0.134 e. The molecule has 4 nitrogen and oxygen atoms in total. The van der Waals surface area contributed by atoms with Crippen LogP contribution in [0.1, 0.15) is 11.5 Å². The van der Waals surface area contributed by atoms with Crippen molar-refractivity contribution in [2.24, 2.45) is 0 Å². The average molecular weight is 254 g/mol. The van der Waals surface area contributed by atoms with Gasteiger partial charge in [0.2, 0.25) is 0 Å². The van der Waals surface area contributed by atoms with E-state index in [-0.39, 0.29) is 12.4 Å². The van der Waals surface area contributed by atoms with Crippen LogP contribution in [0.15, 0.2) is 34.7 Å². The summed E-state index contributed by atoms with van der Waals surface area (Å²) in [5, 5.41) is 21.5. The number of phenolic OH excluding ortho intramolecular Hbond substituents is 1. The zero-order valence-corrected chi connectivity index (χ0v) is 9.74. The van der Waals surface area contributed by atoms with Crippen LogP contribution in [0.2, 0.25) is 5.02 Å². The van der Waals surface area contributed by atoms with Crippen LogP contribution >= 0.6 is 11.6 Å². The molecule has 0 amide bonds. The maximum absolute atomic E-state index is 9.26. The highest BCUT2D eigenvalue weighted by atomic mass is 35.5. The number of aromatic hydroxyl groups is 1. The van der Waals surface area contributed by atoms with Crippen molar-refractivity contribution in [3.8, 4) is 5.75 Å². The minimum Gasteiger partial charge on any atom is -0.506 e. The first-order valence-corrected chi connectivity index (χ1v) is 5.47. The molecular formula is C12H12ClNO3. The van der Waals surface area contributed by atoms with Crippen molar-refractivity contribution in [3.63, 3.8) is 0 Å². The SMILES string of the molecule is OCc1ccc(CNc2ccc(O)c(Cl)c2)o1. The molecular weight excluding hydrogens is 242 g/mol. The van der Waals surface area contributed by atoms with Crippen LogP contribution in [0, 0.1) is 0 Å². The highest BCUT2D eigenvalue weighted by Gasteiger charge is 2.02. The Morgan fingerprint density at radius 2 is 1.94 bits per heavy atom. The molecule has 2 aromatic rings. The molecule has 0 bridgehead atoms. The lowest BCUT2D eigenvalue weighted by Gasteiger charge is -2.05. The molecule has 1 heterocycles. The van der Waals surface area contributed by atoms with Crippen molar-refractivity contribution in [1.29, 1.82) is 0 Å². The maximum Gasteiger partial charge on any atom is 0.134 e. The predicted molar refractivity (Wildman–Crippen MR) is 65.1 cm³/mol. The molecule has 0 saturated carbocycles. The van der Waals surface area contributed by atoms with Gasteiger partial charge in [-0.05, 0) is 30.3 Å². The lowest BCUT2D eigenvalue weighted by molar-refractivity contribution is 0.244. The summed E-state index contributed by atoms with van der Waals surface area (Å²) in [4.78, 5) is 0. The van der Waals surface area contributed by atoms with Crippen LogP contribution in [0.25, 0.3) is 0 Å². The van der Waals surface area contributed by atoms with E-state index in [0.717, 1.165) is 11.4 Å². The molecule has 0 saturated heterocycles. The number of halogens is 1. The quantitative estimate of drug-likeness (QED) is 0.733. The fraction of sp³-hybridized carbons (Fsp3) is 0.167. The summed E-state index contributed by atoms with van der Waals surface area (Å²) in [5.41, 5.74) is 0.787. The first-order chi connectivity index (χ1) is 8.19. The number of aliphatic hydroxyl groups is 1. The average Bonchev–Trinajstić information content (AvgIpc) is 2.79. The maximum atomic E-state index is 9.26. The molecule has 0 atom stereocenters. The van der Waals surface area contributed by atoms with Crippen LogP contribution in [0.3, 0.4) is 0 Å². The van der Waals surface area contributed by atoms with Gasteiger partial charge in [-0.15, -0.1) is 0 Å². The highest BCUT2D eigenvalue weighted by molar-refractivity contribution is 6.32. The third-order valence-electron chi connectivity index (χ3n) is 2.29. The molecule has 0 aliphatic carbocycles. The monoisotopic (exact) mass is 253 g/mol. The molecule has 1 aromatic carbocycles. The van der Waals surface area contributed by atoms with Gasteiger partial charge in [0.25, 0.3) is 0 Å². The van der Waals surface area contributed by atoms with Gasteiger partial charge in [0.05, 0.1) is 11.6 Å². The van der Waals surface area contributed by atoms with Crippen molar-refractivity contribution in [2.45, 2.75) is 13.2 Å². The third-order valence-corrected chi connectivity index (χ3v) is 2.59. The van der Waals surface area contributed by atoms with E-state index in [9.17, 15) is 5.11 Å². The van der Waals surface area contributed by atoms with Gasteiger partial charge in [-0.25, -0.2) is 0 Å². The van der Waals surface area contributed by atoms with E-state index < -0.39 is 0 Å². The standard InChI is InChI=1S/C12H12ClNO3/c13-11-5-8(1-4-12(11)16)14-6-9-2-3-10(7-15)17-9/h1-5,14-16H,6-7H2. The Kier molecular flexibility index (Phi) is 3.56. The fourth-order valence-electron chi connectivity index (χ4n) is 1.41. The van der Waals surface area contributed by atoms with Crippen molar-refractivity contribution >= 4 is 17.3 Å². The van der Waals surface area contributed by atoms with Crippen LogP contribution < -0.4 is 5.32 Å². The molecule has 0 fully saturated rings. The number of rotatable bonds is 4. The molecule has 0 aliphatic rings. The molecule has 2 rings (SSSR count). The van der Waals surface area contributed by atoms with Crippen molar-refractivity contribution in [2.75, 3.05) is 5.32 Å². The first-order valence-electron chi connectivity index (χ1n) is 5.10. The highest BCUT2D eigenvalue weighted by Crippen LogP contribution is 2.26. The van der Waals surface area contributed by atoms with Gasteiger partial charge in [0, 0.05) is 5.69 Å². The Morgan fingerprint density at radius 1 is 1.18 bits per heavy atom. The van der Waals surface area contributed by atoms with Gasteiger partial charge in [-0.3, -0.25) is 0 Å². The van der Waals surface area contributed by atoms with Crippen molar-refractivity contribution in [1.82, 2.24) is 0 Å². The lowest BCUT2D eigenvalue weighted by atomic mass is 10.3. The largest absolute Gasteiger partial charge is 0.506 e. The predicted octanol–water partition coefficient (Wildman–Crippen LogP) is 2.74. The topological polar surface area (TPSA) is 65.6 Å². The number of nitrogens with one attached hydrogen (secondary N) is 1. The van der Waals surface area contributed by atoms with E-state index in [1.54, 1.807) is 24.3 Å². The Hall–Kier alpha value is -1.65. The second kappa shape index (κ2) is 5.12. The lowest BCUT2D eigenvalue weighted by Crippen LogP contribution is -1.97. The van der Waals surface area contributed by atoms with Gasteiger partial charge in [-0.1, -0.05) is 11.6 Å². The van der Waals surface area contributed by atoms with Crippen molar-refractivity contribution in [3.05, 3.63) is 46.9 Å². The minimum absolute atomic E-state index is 0.0535. The Bertz CT molecular complexity index is 510. The van der Waals surface area contributed by atoms with Crippen molar-refractivity contribution < 1.29 is 14.6 Å². The summed E-state index contributed by atoms with van der Waals surface area (Å²) in [5.74, 6) is 1.31. The van der Waals surface area contributed by atoms with Crippen LogP contribution in [0.4, 0.5) is 5.69 Å². The number of hydrogen-bond donors (Lipinski definition) is 3. The third kappa shape index (κ3) is 2.93. The normalized spacial score (nSPS) is 10.5. The Morgan fingerprint density at radius 3 is 2.59 bits per heavy atom. The zero-order chi connectivity index (χ0) is 12.3. The molecule has 0 spiro atoms. The van der Waals surface area contributed by atoms with Gasteiger partial charge >= 0.3 is 0 Å². The van der Waals surface area contributed by atoms with Crippen LogP contribution in [-0.4, -0.2) is 10.2 Å². The summed E-state index contributed by atoms with van der Waals surface area (Å²) in [6.07, 6.45) is 0. The fourth-order valence-corrected chi connectivity index (χ4v) is 1.59. The molecule has 0 radical (unpaired) electrons. The van der Waals surface area contributed by atoms with Gasteiger partial charge in [0.1, 0.15) is 23.9 Å². The van der Waals surface area contributed by atoms with Gasteiger partial charge in [-0.2, -0.15) is 0 Å². The van der Waals surface area contributed by atoms with E-state index in [0.29, 0.717) is 17.3 Å². The molecule has 5 heteroatoms. The first kappa shape index (κ1) is 11.8. The summed E-state index contributed by atoms with van der Waals surface area (Å²) in [7, 11) is 0. The Balaban J connectivity index is 1.99. The van der Waals surface area contributed by atoms with E-state index in [4.69, 9.17) is 21.1 Å². The van der Waals surface area contributed by atoms with E-state index in [1.807, 2.05) is 0 Å². The zero-order valence-electron chi connectivity index (χ0n) is 8.98. The molecule has 0 aliphatic heterocycles. The van der Waals surface area contributed by atoms with E-state index in [2.05, 4.69) is 5.32 Å². The number of furan rings is 1. The van der Waals surface area contributed by atoms with Crippen LogP contribution in [0.5, 0.6) is 5.75 Å². The Labute approximate surface area is 103 Å². The van der Waals surface area contributed by atoms with Gasteiger partial charge in [0.15, 0.2) is 0 Å².